The van der Waals surface area contributed by atoms with Crippen molar-refractivity contribution in [2.24, 2.45) is 0 Å². The predicted octanol–water partition coefficient (Wildman–Crippen LogP) is 1.39. The monoisotopic (exact) mass is 236 g/mol. The molecular weight excluding hydrogens is 228 g/mol. The highest BCUT2D eigenvalue weighted by Crippen LogP contribution is 2.19. The lowest BCUT2D eigenvalue weighted by atomic mass is 10.3. The third kappa shape index (κ3) is 4.20. The van der Waals surface area contributed by atoms with E-state index < -0.39 is 22.2 Å². The summed E-state index contributed by atoms with van der Waals surface area (Å²) in [5.74, 6) is -0.782. The number of ether oxygens (including phenoxy) is 1. The van der Waals surface area contributed by atoms with E-state index in [0.717, 1.165) is 0 Å². The van der Waals surface area contributed by atoms with Crippen LogP contribution >= 0.6 is 0 Å². The first-order valence-electron chi connectivity index (χ1n) is 3.83. The molecule has 7 heteroatoms. The Balaban J connectivity index is 2.96. The van der Waals surface area contributed by atoms with Crippen LogP contribution in [0, 0.1) is 6.26 Å². The van der Waals surface area contributed by atoms with E-state index in [1.54, 1.807) is 0 Å². The van der Waals surface area contributed by atoms with Crippen molar-refractivity contribution in [3.05, 3.63) is 30.3 Å². The molecule has 1 aromatic heterocycles. The molecule has 83 valence electrons. The summed E-state index contributed by atoms with van der Waals surface area (Å²) in [5.41, 5.74) is -0.0761. The number of aromatic nitrogens is 1. The van der Waals surface area contributed by atoms with Crippen molar-refractivity contribution in [2.45, 2.75) is 12.4 Å². The maximum atomic E-state index is 11.9. The maximum absolute atomic E-state index is 11.9. The second-order valence-corrected chi connectivity index (χ2v) is 4.49. The second kappa shape index (κ2) is 4.52. The average molecular weight is 236 g/mol. The third-order valence-electron chi connectivity index (χ3n) is 1.42. The number of pyridine rings is 1. The van der Waals surface area contributed by atoms with Crippen molar-refractivity contribution >= 4 is 9.84 Å². The van der Waals surface area contributed by atoms with E-state index in [1.165, 1.54) is 18.3 Å². The summed E-state index contributed by atoms with van der Waals surface area (Å²) in [5, 5.41) is 0. The highest BCUT2D eigenvalue weighted by molar-refractivity contribution is 7.91. The Bertz CT molecular complexity index is 433. The van der Waals surface area contributed by atoms with Crippen LogP contribution in [0.25, 0.3) is 0 Å². The minimum absolute atomic E-state index is 0.0761. The zero-order valence-corrected chi connectivity index (χ0v) is 8.38. The molecule has 0 N–H and O–H groups in total. The van der Waals surface area contributed by atoms with Crippen LogP contribution in [0.5, 0.6) is 5.75 Å². The molecule has 0 saturated heterocycles. The molecule has 0 atom stereocenters. The minimum atomic E-state index is -3.57. The lowest BCUT2D eigenvalue weighted by Gasteiger charge is -2.08. The van der Waals surface area contributed by atoms with Gasteiger partial charge in [-0.25, -0.2) is 8.42 Å². The van der Waals surface area contributed by atoms with Gasteiger partial charge in [-0.1, -0.05) is 0 Å². The topological polar surface area (TPSA) is 56.3 Å². The van der Waals surface area contributed by atoms with Crippen LogP contribution in [0.4, 0.5) is 8.78 Å². The van der Waals surface area contributed by atoms with Gasteiger partial charge in [0.05, 0.1) is 17.7 Å². The van der Waals surface area contributed by atoms with Gasteiger partial charge in [-0.05, 0) is 12.1 Å². The maximum Gasteiger partial charge on any atom is 0.387 e. The van der Waals surface area contributed by atoms with E-state index in [4.69, 9.17) is 0 Å². The molecule has 0 unspecified atom stereocenters. The van der Waals surface area contributed by atoms with Crippen LogP contribution in [-0.4, -0.2) is 20.0 Å². The lowest BCUT2D eigenvalue weighted by Crippen LogP contribution is -2.08. The van der Waals surface area contributed by atoms with Gasteiger partial charge in [0.25, 0.3) is 0 Å². The Morgan fingerprint density at radius 1 is 1.53 bits per heavy atom. The molecule has 0 aliphatic heterocycles. The van der Waals surface area contributed by atoms with Crippen LogP contribution in [0.15, 0.2) is 18.3 Å². The van der Waals surface area contributed by atoms with Crippen LogP contribution in [-0.2, 0) is 15.6 Å². The molecule has 0 bridgehead atoms. The molecule has 0 fully saturated rings. The molecule has 0 spiro atoms. The molecule has 4 nitrogen and oxygen atoms in total. The Hall–Kier alpha value is -1.24. The Labute approximate surface area is 85.8 Å². The summed E-state index contributed by atoms with van der Waals surface area (Å²) < 4.78 is 49.6. The van der Waals surface area contributed by atoms with E-state index in [0.29, 0.717) is 0 Å². The van der Waals surface area contributed by atoms with E-state index >= 15 is 0 Å². The number of nitrogens with zero attached hydrogens (tertiary/aromatic N) is 1. The molecule has 0 aliphatic rings. The fraction of sp³-hybridized carbons (Fsp3) is 0.250. The standard InChI is InChI=1S/C8H8F2NO3S/c1-15(12,13)5-6-7(14-8(9)10)3-2-4-11-6/h2-4,8H,1,5H2. The van der Waals surface area contributed by atoms with Crippen molar-refractivity contribution in [3.63, 3.8) is 0 Å². The zero-order valence-electron chi connectivity index (χ0n) is 7.56. The fourth-order valence-electron chi connectivity index (χ4n) is 0.943. The molecule has 1 aromatic rings. The Morgan fingerprint density at radius 3 is 2.73 bits per heavy atom. The van der Waals surface area contributed by atoms with Crippen molar-refractivity contribution < 1.29 is 21.9 Å². The van der Waals surface area contributed by atoms with Gasteiger partial charge in [0, 0.05) is 6.20 Å². The summed E-state index contributed by atoms with van der Waals surface area (Å²) in [7, 11) is -3.57. The van der Waals surface area contributed by atoms with E-state index in [1.807, 2.05) is 0 Å². The quantitative estimate of drug-likeness (QED) is 0.792. The van der Waals surface area contributed by atoms with Gasteiger partial charge < -0.3 is 4.74 Å². The normalized spacial score (nSPS) is 11.7. The Kier molecular flexibility index (Phi) is 3.57. The minimum Gasteiger partial charge on any atom is -0.433 e. The Morgan fingerprint density at radius 2 is 2.20 bits per heavy atom. The van der Waals surface area contributed by atoms with Crippen molar-refractivity contribution in [1.29, 1.82) is 0 Å². The summed E-state index contributed by atoms with van der Waals surface area (Å²) in [6, 6.07) is 2.59. The molecule has 0 amide bonds. The first kappa shape index (κ1) is 11.8. The van der Waals surface area contributed by atoms with Crippen LogP contribution in [0.3, 0.4) is 0 Å². The van der Waals surface area contributed by atoms with Crippen LogP contribution in [0.2, 0.25) is 0 Å². The first-order valence-corrected chi connectivity index (χ1v) is 5.65. The number of hydrogen-bond acceptors (Lipinski definition) is 4. The summed E-state index contributed by atoms with van der Waals surface area (Å²) in [6.45, 7) is -3.01. The molecule has 0 aromatic carbocycles. The zero-order chi connectivity index (χ0) is 11.5. The number of hydrogen-bond donors (Lipinski definition) is 0. The summed E-state index contributed by atoms with van der Waals surface area (Å²) >= 11 is 0. The van der Waals surface area contributed by atoms with Crippen molar-refractivity contribution in [2.75, 3.05) is 0 Å². The van der Waals surface area contributed by atoms with Gasteiger partial charge in [0.15, 0.2) is 9.84 Å². The molecule has 0 aliphatic carbocycles. The highest BCUT2D eigenvalue weighted by atomic mass is 32.2. The molecule has 0 saturated carbocycles. The van der Waals surface area contributed by atoms with E-state index in [-0.39, 0.29) is 11.4 Å². The van der Waals surface area contributed by atoms with Gasteiger partial charge in [-0.15, -0.1) is 0 Å². The predicted molar refractivity (Wildman–Crippen MR) is 48.8 cm³/mol. The van der Waals surface area contributed by atoms with Crippen molar-refractivity contribution in [1.82, 2.24) is 4.98 Å². The third-order valence-corrected chi connectivity index (χ3v) is 2.13. The van der Waals surface area contributed by atoms with Crippen LogP contribution in [0.1, 0.15) is 5.69 Å². The number of sulfone groups is 1. The lowest BCUT2D eigenvalue weighted by molar-refractivity contribution is -0.0506. The van der Waals surface area contributed by atoms with Gasteiger partial charge in [-0.3, -0.25) is 4.98 Å². The van der Waals surface area contributed by atoms with E-state index in [9.17, 15) is 17.2 Å². The molecule has 1 rings (SSSR count). The molecule has 15 heavy (non-hydrogen) atoms. The van der Waals surface area contributed by atoms with Gasteiger partial charge in [-0.2, -0.15) is 8.78 Å². The van der Waals surface area contributed by atoms with Gasteiger partial charge >= 0.3 is 6.61 Å². The molecule has 1 heterocycles. The summed E-state index contributed by atoms with van der Waals surface area (Å²) in [6.07, 6.45) is 4.17. The van der Waals surface area contributed by atoms with E-state index in [2.05, 4.69) is 16.0 Å². The average Bonchev–Trinajstić information content (AvgIpc) is 2.05. The number of rotatable bonds is 4. The SMILES string of the molecule is [CH2]S(=O)(=O)Cc1ncccc1OC(F)F. The number of alkyl halides is 2. The largest absolute Gasteiger partial charge is 0.433 e. The fourth-order valence-corrected chi connectivity index (χ4v) is 1.58. The highest BCUT2D eigenvalue weighted by Gasteiger charge is 2.14. The smallest absolute Gasteiger partial charge is 0.387 e. The van der Waals surface area contributed by atoms with Crippen LogP contribution < -0.4 is 4.74 Å². The molecule has 1 radical (unpaired) electrons. The second-order valence-electron chi connectivity index (χ2n) is 2.71. The number of halogens is 2. The first-order chi connectivity index (χ1) is 6.88. The van der Waals surface area contributed by atoms with Gasteiger partial charge in [0.2, 0.25) is 0 Å². The van der Waals surface area contributed by atoms with Gasteiger partial charge in [0.1, 0.15) is 5.75 Å². The van der Waals surface area contributed by atoms with Crippen molar-refractivity contribution in [3.8, 4) is 5.75 Å². The summed E-state index contributed by atoms with van der Waals surface area (Å²) in [4.78, 5) is 3.64. The molecular formula is C8H8F2NO3S.